The Hall–Kier alpha value is -4.18. The summed E-state index contributed by atoms with van der Waals surface area (Å²) in [7, 11) is 0. The topological polar surface area (TPSA) is 52.6 Å². The van der Waals surface area contributed by atoms with E-state index in [1.165, 1.54) is 0 Å². The van der Waals surface area contributed by atoms with Gasteiger partial charge in [0.1, 0.15) is 0 Å². The maximum atomic E-state index is 13.7. The number of esters is 2. The molecule has 208 valence electrons. The number of benzene rings is 4. The van der Waals surface area contributed by atoms with Crippen LogP contribution < -0.4 is 0 Å². The second-order valence-electron chi connectivity index (χ2n) is 11.6. The monoisotopic (exact) mass is 544 g/mol. The van der Waals surface area contributed by atoms with Crippen molar-refractivity contribution in [1.82, 2.24) is 0 Å². The maximum Gasteiger partial charge on any atom is 0.307 e. The Morgan fingerprint density at radius 2 is 0.805 bits per heavy atom. The van der Waals surface area contributed by atoms with Crippen LogP contribution in [0.15, 0.2) is 97.1 Å². The van der Waals surface area contributed by atoms with Gasteiger partial charge in [-0.05, 0) is 63.8 Å². The van der Waals surface area contributed by atoms with E-state index in [2.05, 4.69) is 111 Å². The van der Waals surface area contributed by atoms with Gasteiger partial charge in [0.05, 0.1) is 26.1 Å². The lowest BCUT2D eigenvalue weighted by Crippen LogP contribution is -2.56. The molecule has 0 bridgehead atoms. The minimum atomic E-state index is -0.802. The van der Waals surface area contributed by atoms with Gasteiger partial charge in [0, 0.05) is 10.8 Å². The van der Waals surface area contributed by atoms with Crippen molar-refractivity contribution in [1.29, 1.82) is 0 Å². The van der Waals surface area contributed by atoms with Gasteiger partial charge < -0.3 is 9.47 Å². The van der Waals surface area contributed by atoms with E-state index in [4.69, 9.17) is 9.47 Å². The van der Waals surface area contributed by atoms with Crippen LogP contribution in [0.5, 0.6) is 0 Å². The van der Waals surface area contributed by atoms with E-state index in [1.54, 1.807) is 0 Å². The highest BCUT2D eigenvalue weighted by molar-refractivity contribution is 5.89. The lowest BCUT2D eigenvalue weighted by Gasteiger charge is -2.56. The molecule has 0 amide bonds. The summed E-state index contributed by atoms with van der Waals surface area (Å²) in [5, 5.41) is 0. The smallest absolute Gasteiger partial charge is 0.307 e. The highest BCUT2D eigenvalue weighted by atomic mass is 16.5. The third-order valence-electron chi connectivity index (χ3n) is 9.69. The SMILES string of the molecule is CCOC(=O)CC1(C(C)(C)C2(CC(=O)OCC)c3ccccc3-c3ccccc32)c2ccccc2-c2ccccc21. The highest BCUT2D eigenvalue weighted by Crippen LogP contribution is 2.70. The molecule has 2 aliphatic rings. The van der Waals surface area contributed by atoms with Crippen LogP contribution in [-0.4, -0.2) is 25.2 Å². The molecule has 0 spiro atoms. The zero-order valence-corrected chi connectivity index (χ0v) is 24.2. The van der Waals surface area contributed by atoms with Gasteiger partial charge in [-0.2, -0.15) is 0 Å². The van der Waals surface area contributed by atoms with Gasteiger partial charge in [-0.3, -0.25) is 9.59 Å². The number of carbonyl (C=O) groups is 2. The number of ether oxygens (including phenoxy) is 2. The molecular formula is C37H36O4. The van der Waals surface area contributed by atoms with Crippen molar-refractivity contribution in [3.63, 3.8) is 0 Å². The van der Waals surface area contributed by atoms with E-state index in [-0.39, 0.29) is 24.8 Å². The summed E-state index contributed by atoms with van der Waals surface area (Å²) >= 11 is 0. The molecule has 4 aromatic carbocycles. The molecule has 0 radical (unpaired) electrons. The normalized spacial score (nSPS) is 15.3. The molecule has 4 nitrogen and oxygen atoms in total. The predicted octanol–water partition coefficient (Wildman–Crippen LogP) is 7.85. The minimum Gasteiger partial charge on any atom is -0.466 e. The molecule has 6 rings (SSSR count). The Labute approximate surface area is 242 Å². The Balaban J connectivity index is 1.74. The van der Waals surface area contributed by atoms with Crippen LogP contribution in [0.4, 0.5) is 0 Å². The van der Waals surface area contributed by atoms with Crippen molar-refractivity contribution in [3.8, 4) is 22.3 Å². The molecule has 2 aliphatic carbocycles. The Bertz CT molecular complexity index is 1430. The average Bonchev–Trinajstić information content (AvgIpc) is 3.43. The van der Waals surface area contributed by atoms with Crippen LogP contribution in [0.25, 0.3) is 22.3 Å². The lowest BCUT2D eigenvalue weighted by molar-refractivity contribution is -0.147. The quantitative estimate of drug-likeness (QED) is 0.212. The fourth-order valence-electron chi connectivity index (χ4n) is 8.04. The summed E-state index contributed by atoms with van der Waals surface area (Å²) in [4.78, 5) is 27.4. The van der Waals surface area contributed by atoms with Crippen LogP contribution in [0.3, 0.4) is 0 Å². The van der Waals surface area contributed by atoms with Crippen molar-refractivity contribution in [2.24, 2.45) is 5.41 Å². The van der Waals surface area contributed by atoms with Gasteiger partial charge in [-0.1, -0.05) is 111 Å². The average molecular weight is 545 g/mol. The molecule has 0 aromatic heterocycles. The minimum absolute atomic E-state index is 0.150. The van der Waals surface area contributed by atoms with E-state index in [1.807, 2.05) is 13.8 Å². The number of carbonyl (C=O) groups excluding carboxylic acids is 2. The fraction of sp³-hybridized carbons (Fsp3) is 0.297. The molecule has 0 fully saturated rings. The molecular weight excluding hydrogens is 508 g/mol. The second-order valence-corrected chi connectivity index (χ2v) is 11.6. The van der Waals surface area contributed by atoms with Crippen molar-refractivity contribution < 1.29 is 19.1 Å². The van der Waals surface area contributed by atoms with Gasteiger partial charge in [-0.15, -0.1) is 0 Å². The zero-order chi connectivity index (χ0) is 28.8. The summed E-state index contributed by atoms with van der Waals surface area (Å²) in [6.45, 7) is 8.78. The summed E-state index contributed by atoms with van der Waals surface area (Å²) in [5.41, 5.74) is 6.50. The van der Waals surface area contributed by atoms with E-state index in [9.17, 15) is 9.59 Å². The van der Waals surface area contributed by atoms with Crippen molar-refractivity contribution in [2.75, 3.05) is 13.2 Å². The predicted molar refractivity (Wildman–Crippen MR) is 162 cm³/mol. The first-order valence-electron chi connectivity index (χ1n) is 14.5. The standard InChI is InChI=1S/C37H36O4/c1-5-40-33(38)23-36(29-19-11-7-15-25(29)26-16-8-12-20-30(26)36)35(3,4)37(24-34(39)41-6-2)31-21-13-9-17-27(31)28-18-10-14-22-32(28)37/h7-22H,5-6,23-24H2,1-4H3. The van der Waals surface area contributed by atoms with E-state index in [0.29, 0.717) is 13.2 Å². The van der Waals surface area contributed by atoms with Crippen LogP contribution in [0.2, 0.25) is 0 Å². The largest absolute Gasteiger partial charge is 0.466 e. The summed E-state index contributed by atoms with van der Waals surface area (Å²) in [5.74, 6) is -0.504. The van der Waals surface area contributed by atoms with Gasteiger partial charge >= 0.3 is 11.9 Å². The first-order chi connectivity index (χ1) is 19.8. The molecule has 0 saturated heterocycles. The molecule has 0 saturated carbocycles. The van der Waals surface area contributed by atoms with Gasteiger partial charge in [0.2, 0.25) is 0 Å². The van der Waals surface area contributed by atoms with E-state index < -0.39 is 16.2 Å². The fourth-order valence-corrected chi connectivity index (χ4v) is 8.04. The van der Waals surface area contributed by atoms with E-state index in [0.717, 1.165) is 44.5 Å². The molecule has 0 aliphatic heterocycles. The van der Waals surface area contributed by atoms with Gasteiger partial charge in [-0.25, -0.2) is 0 Å². The Morgan fingerprint density at radius 3 is 1.07 bits per heavy atom. The van der Waals surface area contributed by atoms with Gasteiger partial charge in [0.15, 0.2) is 0 Å². The van der Waals surface area contributed by atoms with Crippen LogP contribution in [-0.2, 0) is 29.9 Å². The number of hydrogen-bond acceptors (Lipinski definition) is 4. The third kappa shape index (κ3) is 3.66. The molecule has 41 heavy (non-hydrogen) atoms. The molecule has 0 atom stereocenters. The van der Waals surface area contributed by atoms with Crippen LogP contribution >= 0.6 is 0 Å². The first kappa shape index (κ1) is 27.0. The number of hydrogen-bond donors (Lipinski definition) is 0. The van der Waals surface area contributed by atoms with Crippen LogP contribution in [0.1, 0.15) is 62.8 Å². The summed E-state index contributed by atoms with van der Waals surface area (Å²) in [6.07, 6.45) is 0.299. The highest BCUT2D eigenvalue weighted by Gasteiger charge is 2.66. The molecule has 4 aromatic rings. The first-order valence-corrected chi connectivity index (χ1v) is 14.5. The molecule has 4 heteroatoms. The molecule has 0 N–H and O–H groups in total. The van der Waals surface area contributed by atoms with Gasteiger partial charge in [0.25, 0.3) is 0 Å². The maximum absolute atomic E-state index is 13.7. The number of fused-ring (bicyclic) bond motifs is 6. The zero-order valence-electron chi connectivity index (χ0n) is 24.2. The Morgan fingerprint density at radius 1 is 0.537 bits per heavy atom. The molecule has 0 unspecified atom stereocenters. The number of rotatable bonds is 8. The van der Waals surface area contributed by atoms with Crippen molar-refractivity contribution in [2.45, 2.75) is 51.4 Å². The van der Waals surface area contributed by atoms with E-state index >= 15 is 0 Å². The van der Waals surface area contributed by atoms with Crippen LogP contribution in [0, 0.1) is 5.41 Å². The van der Waals surface area contributed by atoms with Crippen molar-refractivity contribution >= 4 is 11.9 Å². The third-order valence-corrected chi connectivity index (χ3v) is 9.69. The summed E-state index contributed by atoms with van der Waals surface area (Å²) in [6, 6.07) is 33.6. The second kappa shape index (κ2) is 10.0. The summed E-state index contributed by atoms with van der Waals surface area (Å²) < 4.78 is 11.4. The Kier molecular flexibility index (Phi) is 6.60. The lowest BCUT2D eigenvalue weighted by atomic mass is 9.45. The van der Waals surface area contributed by atoms with Crippen molar-refractivity contribution in [3.05, 3.63) is 119 Å². The molecule has 0 heterocycles.